The number of aryl methyl sites for hydroxylation is 2. The fraction of sp³-hybridized carbons (Fsp3) is 0.600. The largest absolute Gasteiger partial charge is 0.492 e. The SMILES string of the molecule is Cc1ccc(OCCN2CC3CC3C2)cc1C. The van der Waals surface area contributed by atoms with Gasteiger partial charge in [0, 0.05) is 19.6 Å². The average molecular weight is 231 g/mol. The summed E-state index contributed by atoms with van der Waals surface area (Å²) in [5.41, 5.74) is 2.64. The van der Waals surface area contributed by atoms with E-state index in [1.54, 1.807) is 0 Å². The van der Waals surface area contributed by atoms with E-state index in [-0.39, 0.29) is 0 Å². The van der Waals surface area contributed by atoms with E-state index in [4.69, 9.17) is 4.74 Å². The number of ether oxygens (including phenoxy) is 1. The van der Waals surface area contributed by atoms with Crippen molar-refractivity contribution in [1.82, 2.24) is 4.90 Å². The van der Waals surface area contributed by atoms with Gasteiger partial charge in [-0.15, -0.1) is 0 Å². The molecule has 1 saturated carbocycles. The second kappa shape index (κ2) is 4.34. The summed E-state index contributed by atoms with van der Waals surface area (Å²) in [5, 5.41) is 0. The molecule has 3 rings (SSSR count). The second-order valence-corrected chi connectivity index (χ2v) is 5.61. The van der Waals surface area contributed by atoms with Crippen molar-refractivity contribution in [3.63, 3.8) is 0 Å². The van der Waals surface area contributed by atoms with Gasteiger partial charge in [0.15, 0.2) is 0 Å². The first-order chi connectivity index (χ1) is 8.22. The minimum atomic E-state index is 0.821. The lowest BCUT2D eigenvalue weighted by atomic mass is 10.1. The highest BCUT2D eigenvalue weighted by molar-refractivity contribution is 5.33. The maximum atomic E-state index is 5.81. The standard InChI is InChI=1S/C15H21NO/c1-11-3-4-15(7-12(11)2)17-6-5-16-9-13-8-14(13)10-16/h3-4,7,13-14H,5-6,8-10H2,1-2H3. The maximum Gasteiger partial charge on any atom is 0.119 e. The lowest BCUT2D eigenvalue weighted by Gasteiger charge is -2.17. The molecule has 1 aromatic rings. The van der Waals surface area contributed by atoms with Crippen LogP contribution in [-0.2, 0) is 0 Å². The van der Waals surface area contributed by atoms with Gasteiger partial charge in [-0.3, -0.25) is 4.90 Å². The Morgan fingerprint density at radius 1 is 1.18 bits per heavy atom. The van der Waals surface area contributed by atoms with Gasteiger partial charge in [-0.05, 0) is 55.4 Å². The molecule has 0 spiro atoms. The zero-order valence-corrected chi connectivity index (χ0v) is 10.8. The molecule has 2 nitrogen and oxygen atoms in total. The van der Waals surface area contributed by atoms with Crippen LogP contribution in [-0.4, -0.2) is 31.1 Å². The summed E-state index contributed by atoms with van der Waals surface area (Å²) < 4.78 is 5.81. The summed E-state index contributed by atoms with van der Waals surface area (Å²) in [6.07, 6.45) is 1.48. The van der Waals surface area contributed by atoms with E-state index < -0.39 is 0 Å². The number of hydrogen-bond acceptors (Lipinski definition) is 2. The van der Waals surface area contributed by atoms with Gasteiger partial charge >= 0.3 is 0 Å². The molecule has 0 aromatic heterocycles. The Morgan fingerprint density at radius 3 is 2.65 bits per heavy atom. The predicted molar refractivity (Wildman–Crippen MR) is 69.4 cm³/mol. The van der Waals surface area contributed by atoms with Crippen molar-refractivity contribution >= 4 is 0 Å². The van der Waals surface area contributed by atoms with Crippen LogP contribution in [0.15, 0.2) is 18.2 Å². The molecule has 0 bridgehead atoms. The minimum absolute atomic E-state index is 0.821. The molecule has 2 unspecified atom stereocenters. The van der Waals surface area contributed by atoms with Crippen molar-refractivity contribution in [3.8, 4) is 5.75 Å². The Hall–Kier alpha value is -1.02. The van der Waals surface area contributed by atoms with Gasteiger partial charge in [-0.1, -0.05) is 6.07 Å². The van der Waals surface area contributed by atoms with Gasteiger partial charge in [0.25, 0.3) is 0 Å². The molecule has 1 heterocycles. The molecular formula is C15H21NO. The fourth-order valence-electron chi connectivity index (χ4n) is 2.77. The van der Waals surface area contributed by atoms with Gasteiger partial charge in [-0.25, -0.2) is 0 Å². The van der Waals surface area contributed by atoms with Crippen LogP contribution in [0.4, 0.5) is 0 Å². The number of benzene rings is 1. The molecule has 0 amide bonds. The van der Waals surface area contributed by atoms with Crippen molar-refractivity contribution in [2.45, 2.75) is 20.3 Å². The minimum Gasteiger partial charge on any atom is -0.492 e. The Kier molecular flexibility index (Phi) is 2.83. The second-order valence-electron chi connectivity index (χ2n) is 5.61. The number of piperidine rings is 1. The number of nitrogens with zero attached hydrogens (tertiary/aromatic N) is 1. The molecule has 1 aromatic carbocycles. The predicted octanol–water partition coefficient (Wildman–Crippen LogP) is 2.63. The van der Waals surface area contributed by atoms with Crippen molar-refractivity contribution in [2.24, 2.45) is 11.8 Å². The van der Waals surface area contributed by atoms with Gasteiger partial charge in [0.2, 0.25) is 0 Å². The molecular weight excluding hydrogens is 210 g/mol. The van der Waals surface area contributed by atoms with Crippen LogP contribution in [0.5, 0.6) is 5.75 Å². The average Bonchev–Trinajstić information content (AvgIpc) is 2.92. The summed E-state index contributed by atoms with van der Waals surface area (Å²) in [4.78, 5) is 2.54. The van der Waals surface area contributed by atoms with Crippen molar-refractivity contribution in [2.75, 3.05) is 26.2 Å². The molecule has 1 saturated heterocycles. The van der Waals surface area contributed by atoms with Gasteiger partial charge < -0.3 is 4.74 Å². The zero-order valence-electron chi connectivity index (χ0n) is 10.8. The Labute approximate surface area is 104 Å². The molecule has 2 fully saturated rings. The lowest BCUT2D eigenvalue weighted by Crippen LogP contribution is -2.27. The first kappa shape index (κ1) is 11.1. The topological polar surface area (TPSA) is 12.5 Å². The Bertz CT molecular complexity index is 405. The maximum absolute atomic E-state index is 5.81. The lowest BCUT2D eigenvalue weighted by molar-refractivity contribution is 0.224. The van der Waals surface area contributed by atoms with E-state index in [1.807, 2.05) is 0 Å². The van der Waals surface area contributed by atoms with Crippen LogP contribution in [0, 0.1) is 25.7 Å². The molecule has 2 aliphatic rings. The molecule has 1 aliphatic carbocycles. The van der Waals surface area contributed by atoms with Crippen molar-refractivity contribution in [1.29, 1.82) is 0 Å². The third-order valence-corrected chi connectivity index (χ3v) is 4.21. The summed E-state index contributed by atoms with van der Waals surface area (Å²) in [6, 6.07) is 6.34. The zero-order chi connectivity index (χ0) is 11.8. The molecule has 2 atom stereocenters. The van der Waals surface area contributed by atoms with Crippen LogP contribution in [0.25, 0.3) is 0 Å². The van der Waals surface area contributed by atoms with E-state index in [2.05, 4.69) is 36.9 Å². The van der Waals surface area contributed by atoms with E-state index in [1.165, 1.54) is 30.6 Å². The normalized spacial score (nSPS) is 26.9. The third-order valence-electron chi connectivity index (χ3n) is 4.21. The van der Waals surface area contributed by atoms with Crippen LogP contribution < -0.4 is 4.74 Å². The van der Waals surface area contributed by atoms with E-state index in [9.17, 15) is 0 Å². The van der Waals surface area contributed by atoms with Crippen LogP contribution in [0.3, 0.4) is 0 Å². The highest BCUT2D eigenvalue weighted by Gasteiger charge is 2.44. The van der Waals surface area contributed by atoms with E-state index in [0.717, 1.165) is 30.7 Å². The number of rotatable bonds is 4. The van der Waals surface area contributed by atoms with Gasteiger partial charge in [0.05, 0.1) is 0 Å². The van der Waals surface area contributed by atoms with Crippen molar-refractivity contribution in [3.05, 3.63) is 29.3 Å². The number of likely N-dealkylation sites (tertiary alicyclic amines) is 1. The monoisotopic (exact) mass is 231 g/mol. The first-order valence-corrected chi connectivity index (χ1v) is 6.65. The van der Waals surface area contributed by atoms with Gasteiger partial charge in [0.1, 0.15) is 12.4 Å². The third kappa shape index (κ3) is 2.47. The van der Waals surface area contributed by atoms with Gasteiger partial charge in [-0.2, -0.15) is 0 Å². The Morgan fingerprint density at radius 2 is 1.94 bits per heavy atom. The highest BCUT2D eigenvalue weighted by Crippen LogP contribution is 2.44. The molecule has 92 valence electrons. The summed E-state index contributed by atoms with van der Waals surface area (Å²) in [5.74, 6) is 3.06. The number of fused-ring (bicyclic) bond motifs is 1. The summed E-state index contributed by atoms with van der Waals surface area (Å²) in [7, 11) is 0. The summed E-state index contributed by atoms with van der Waals surface area (Å²) >= 11 is 0. The van der Waals surface area contributed by atoms with Crippen LogP contribution in [0.2, 0.25) is 0 Å². The molecule has 0 N–H and O–H groups in total. The quantitative estimate of drug-likeness (QED) is 0.790. The summed E-state index contributed by atoms with van der Waals surface area (Å²) in [6.45, 7) is 8.79. The molecule has 1 aliphatic heterocycles. The van der Waals surface area contributed by atoms with E-state index >= 15 is 0 Å². The van der Waals surface area contributed by atoms with E-state index in [0.29, 0.717) is 0 Å². The first-order valence-electron chi connectivity index (χ1n) is 6.65. The molecule has 17 heavy (non-hydrogen) atoms. The van der Waals surface area contributed by atoms with Crippen LogP contribution in [0.1, 0.15) is 17.5 Å². The molecule has 2 heteroatoms. The highest BCUT2D eigenvalue weighted by atomic mass is 16.5. The number of hydrogen-bond donors (Lipinski definition) is 0. The fourth-order valence-corrected chi connectivity index (χ4v) is 2.77. The van der Waals surface area contributed by atoms with Crippen molar-refractivity contribution < 1.29 is 4.74 Å². The van der Waals surface area contributed by atoms with Crippen LogP contribution >= 0.6 is 0 Å². The Balaban J connectivity index is 1.45. The molecule has 0 radical (unpaired) electrons. The smallest absolute Gasteiger partial charge is 0.119 e.